The first kappa shape index (κ1) is 16.0. The van der Waals surface area contributed by atoms with Crippen LogP contribution in [0.1, 0.15) is 51.9 Å². The number of nitrogens with two attached hydrogens (primary N) is 1. The van der Waals surface area contributed by atoms with Crippen LogP contribution in [0.2, 0.25) is 0 Å². The van der Waals surface area contributed by atoms with Crippen molar-refractivity contribution in [3.8, 4) is 0 Å². The molecule has 118 valence electrons. The molecule has 6 heteroatoms. The SMILES string of the molecule is Cc1c(NN)nc(C(C)(C)C)nc1NC(C)C1CCCO1. The van der Waals surface area contributed by atoms with E-state index in [1.54, 1.807) is 0 Å². The maximum absolute atomic E-state index is 5.73. The van der Waals surface area contributed by atoms with Gasteiger partial charge in [-0.05, 0) is 26.7 Å². The lowest BCUT2D eigenvalue weighted by Crippen LogP contribution is -2.31. The first-order valence-corrected chi connectivity index (χ1v) is 7.57. The predicted molar refractivity (Wildman–Crippen MR) is 85.3 cm³/mol. The van der Waals surface area contributed by atoms with Gasteiger partial charge in [0.1, 0.15) is 17.5 Å². The van der Waals surface area contributed by atoms with Crippen LogP contribution in [0.5, 0.6) is 0 Å². The smallest absolute Gasteiger partial charge is 0.148 e. The van der Waals surface area contributed by atoms with Crippen molar-refractivity contribution in [2.45, 2.75) is 65.0 Å². The van der Waals surface area contributed by atoms with Crippen molar-refractivity contribution in [1.82, 2.24) is 9.97 Å². The molecule has 0 aliphatic carbocycles. The summed E-state index contributed by atoms with van der Waals surface area (Å²) in [5.41, 5.74) is 3.46. The molecule has 0 radical (unpaired) electrons. The highest BCUT2D eigenvalue weighted by molar-refractivity contribution is 5.57. The van der Waals surface area contributed by atoms with Crippen molar-refractivity contribution in [3.05, 3.63) is 11.4 Å². The Kier molecular flexibility index (Phi) is 4.68. The third kappa shape index (κ3) is 3.63. The summed E-state index contributed by atoms with van der Waals surface area (Å²) in [7, 11) is 0. The van der Waals surface area contributed by atoms with Crippen LogP contribution < -0.4 is 16.6 Å². The molecule has 0 aromatic carbocycles. The zero-order chi connectivity index (χ0) is 15.6. The van der Waals surface area contributed by atoms with Gasteiger partial charge in [-0.15, -0.1) is 0 Å². The molecular formula is C15H27N5O. The summed E-state index contributed by atoms with van der Waals surface area (Å²) in [5, 5.41) is 3.47. The summed E-state index contributed by atoms with van der Waals surface area (Å²) in [4.78, 5) is 9.20. The van der Waals surface area contributed by atoms with Crippen molar-refractivity contribution in [1.29, 1.82) is 0 Å². The number of nitrogens with zero attached hydrogens (tertiary/aromatic N) is 2. The van der Waals surface area contributed by atoms with E-state index in [4.69, 9.17) is 15.6 Å². The molecule has 0 bridgehead atoms. The topological polar surface area (TPSA) is 85.1 Å². The van der Waals surface area contributed by atoms with Gasteiger partial charge in [0.2, 0.25) is 0 Å². The van der Waals surface area contributed by atoms with Gasteiger partial charge in [-0.25, -0.2) is 15.8 Å². The summed E-state index contributed by atoms with van der Waals surface area (Å²) in [6, 6.07) is 0.208. The fraction of sp³-hybridized carbons (Fsp3) is 0.733. The van der Waals surface area contributed by atoms with Crippen LogP contribution >= 0.6 is 0 Å². The molecule has 4 N–H and O–H groups in total. The Hall–Kier alpha value is -1.40. The second kappa shape index (κ2) is 6.15. The quantitative estimate of drug-likeness (QED) is 0.583. The van der Waals surface area contributed by atoms with Crippen molar-refractivity contribution in [2.24, 2.45) is 5.84 Å². The lowest BCUT2D eigenvalue weighted by atomic mass is 9.95. The minimum absolute atomic E-state index is 0.136. The van der Waals surface area contributed by atoms with E-state index < -0.39 is 0 Å². The molecule has 1 aromatic heterocycles. The summed E-state index contributed by atoms with van der Waals surface area (Å²) in [6.07, 6.45) is 2.46. The van der Waals surface area contributed by atoms with Gasteiger partial charge >= 0.3 is 0 Å². The van der Waals surface area contributed by atoms with E-state index in [2.05, 4.69) is 43.4 Å². The summed E-state index contributed by atoms with van der Waals surface area (Å²) in [6.45, 7) is 11.2. The molecular weight excluding hydrogens is 266 g/mol. The fourth-order valence-corrected chi connectivity index (χ4v) is 2.44. The second-order valence-electron chi connectivity index (χ2n) is 6.75. The first-order chi connectivity index (χ1) is 9.82. The van der Waals surface area contributed by atoms with Crippen LogP contribution in [0, 0.1) is 6.92 Å². The van der Waals surface area contributed by atoms with Crippen molar-refractivity contribution in [2.75, 3.05) is 17.3 Å². The highest BCUT2D eigenvalue weighted by Gasteiger charge is 2.25. The Labute approximate surface area is 126 Å². The third-order valence-electron chi connectivity index (χ3n) is 3.84. The van der Waals surface area contributed by atoms with Gasteiger partial charge < -0.3 is 15.5 Å². The normalized spacial score (nSPS) is 20.4. The Bertz CT molecular complexity index is 492. The zero-order valence-corrected chi connectivity index (χ0v) is 13.7. The molecule has 21 heavy (non-hydrogen) atoms. The molecule has 1 aromatic rings. The van der Waals surface area contributed by atoms with Crippen LogP contribution in [0.15, 0.2) is 0 Å². The average molecular weight is 293 g/mol. The van der Waals surface area contributed by atoms with E-state index >= 15 is 0 Å². The molecule has 1 aliphatic rings. The van der Waals surface area contributed by atoms with Gasteiger partial charge in [0, 0.05) is 17.6 Å². The molecule has 1 fully saturated rings. The Morgan fingerprint density at radius 2 is 1.95 bits per heavy atom. The molecule has 2 atom stereocenters. The number of hydrogen-bond acceptors (Lipinski definition) is 6. The summed E-state index contributed by atoms with van der Waals surface area (Å²) in [5.74, 6) is 7.85. The van der Waals surface area contributed by atoms with Gasteiger partial charge in [-0.3, -0.25) is 0 Å². The van der Waals surface area contributed by atoms with Gasteiger partial charge in [0.15, 0.2) is 0 Å². The Balaban J connectivity index is 2.28. The monoisotopic (exact) mass is 293 g/mol. The highest BCUT2D eigenvalue weighted by atomic mass is 16.5. The molecule has 0 saturated carbocycles. The van der Waals surface area contributed by atoms with Gasteiger partial charge in [-0.2, -0.15) is 0 Å². The maximum atomic E-state index is 5.73. The van der Waals surface area contributed by atoms with E-state index in [0.29, 0.717) is 5.82 Å². The minimum Gasteiger partial charge on any atom is -0.376 e. The lowest BCUT2D eigenvalue weighted by Gasteiger charge is -2.24. The fourth-order valence-electron chi connectivity index (χ4n) is 2.44. The summed E-state index contributed by atoms with van der Waals surface area (Å²) >= 11 is 0. The van der Waals surface area contributed by atoms with Crippen LogP contribution in [0.3, 0.4) is 0 Å². The lowest BCUT2D eigenvalue weighted by molar-refractivity contribution is 0.0995. The van der Waals surface area contributed by atoms with Crippen LogP contribution in [-0.4, -0.2) is 28.7 Å². The van der Waals surface area contributed by atoms with Gasteiger partial charge in [0.05, 0.1) is 12.1 Å². The second-order valence-corrected chi connectivity index (χ2v) is 6.75. The zero-order valence-electron chi connectivity index (χ0n) is 13.7. The van der Waals surface area contributed by atoms with Crippen molar-refractivity contribution < 1.29 is 4.74 Å². The molecule has 1 saturated heterocycles. The third-order valence-corrected chi connectivity index (χ3v) is 3.84. The molecule has 2 rings (SSSR count). The van der Waals surface area contributed by atoms with E-state index in [1.165, 1.54) is 0 Å². The molecule has 0 amide bonds. The molecule has 0 spiro atoms. The number of anilines is 2. The number of hydrazine groups is 1. The number of rotatable bonds is 4. The number of nitrogens with one attached hydrogen (secondary N) is 2. The van der Waals surface area contributed by atoms with E-state index in [-0.39, 0.29) is 17.6 Å². The van der Waals surface area contributed by atoms with Gasteiger partial charge in [0.25, 0.3) is 0 Å². The number of nitrogen functional groups attached to an aromatic ring is 1. The van der Waals surface area contributed by atoms with E-state index in [1.807, 2.05) is 6.92 Å². The maximum Gasteiger partial charge on any atom is 0.148 e. The van der Waals surface area contributed by atoms with Gasteiger partial charge in [-0.1, -0.05) is 20.8 Å². The average Bonchev–Trinajstić information content (AvgIpc) is 2.93. The van der Waals surface area contributed by atoms with E-state index in [9.17, 15) is 0 Å². The number of ether oxygens (including phenoxy) is 1. The summed E-state index contributed by atoms with van der Waals surface area (Å²) < 4.78 is 5.73. The van der Waals surface area contributed by atoms with Crippen LogP contribution in [0.25, 0.3) is 0 Å². The molecule has 1 aliphatic heterocycles. The highest BCUT2D eigenvalue weighted by Crippen LogP contribution is 2.27. The molecule has 6 nitrogen and oxygen atoms in total. The first-order valence-electron chi connectivity index (χ1n) is 7.57. The van der Waals surface area contributed by atoms with Crippen LogP contribution in [-0.2, 0) is 10.2 Å². The standard InChI is InChI=1S/C15H27N5O/c1-9-12(17-10(2)11-7-6-8-21-11)18-14(15(3,4)5)19-13(9)20-16/h10-11H,6-8,16H2,1-5H3,(H2,17,18,19,20). The molecule has 2 unspecified atom stereocenters. The predicted octanol–water partition coefficient (Wildman–Crippen LogP) is 2.35. The van der Waals surface area contributed by atoms with Crippen LogP contribution in [0.4, 0.5) is 11.6 Å². The molecule has 2 heterocycles. The Morgan fingerprint density at radius 3 is 2.48 bits per heavy atom. The number of aromatic nitrogens is 2. The largest absolute Gasteiger partial charge is 0.376 e. The number of hydrogen-bond donors (Lipinski definition) is 3. The van der Waals surface area contributed by atoms with E-state index in [0.717, 1.165) is 36.7 Å². The minimum atomic E-state index is -0.136. The van der Waals surface area contributed by atoms with Crippen molar-refractivity contribution in [3.63, 3.8) is 0 Å². The van der Waals surface area contributed by atoms with Crippen molar-refractivity contribution >= 4 is 11.6 Å². The Morgan fingerprint density at radius 1 is 1.29 bits per heavy atom.